The Bertz CT molecular complexity index is 1020. The number of urea groups is 1. The summed E-state index contributed by atoms with van der Waals surface area (Å²) in [7, 11) is 1.83. The molecule has 0 aliphatic rings. The van der Waals surface area contributed by atoms with E-state index in [0.29, 0.717) is 28.8 Å². The van der Waals surface area contributed by atoms with E-state index in [9.17, 15) is 4.79 Å². The fourth-order valence-corrected chi connectivity index (χ4v) is 2.26. The maximum absolute atomic E-state index is 12.0. The molecule has 0 saturated heterocycles. The van der Waals surface area contributed by atoms with Crippen LogP contribution in [0, 0.1) is 0 Å². The van der Waals surface area contributed by atoms with Crippen LogP contribution >= 0.6 is 0 Å². The van der Waals surface area contributed by atoms with Crippen LogP contribution < -0.4 is 21.1 Å². The third-order valence-corrected chi connectivity index (χ3v) is 3.97. The molecule has 9 heteroatoms. The van der Waals surface area contributed by atoms with E-state index >= 15 is 0 Å². The van der Waals surface area contributed by atoms with E-state index in [1.807, 2.05) is 13.2 Å². The van der Waals surface area contributed by atoms with E-state index in [1.165, 1.54) is 0 Å². The number of amides is 2. The average Bonchev–Trinajstić information content (AvgIpc) is 3.09. The van der Waals surface area contributed by atoms with Crippen LogP contribution in [0.4, 0.5) is 10.5 Å². The van der Waals surface area contributed by atoms with Crippen molar-refractivity contribution in [3.05, 3.63) is 61.2 Å². The molecule has 0 bridgehead atoms. The highest BCUT2D eigenvalue weighted by molar-refractivity contribution is 5.90. The first-order valence-electron chi connectivity index (χ1n) is 8.87. The first kappa shape index (κ1) is 20.0. The van der Waals surface area contributed by atoms with Gasteiger partial charge in [-0.3, -0.25) is 4.68 Å². The highest BCUT2D eigenvalue weighted by Crippen LogP contribution is 2.23. The summed E-state index contributed by atoms with van der Waals surface area (Å²) in [6, 6.07) is 8.13. The number of nitrogens with one attached hydrogen (secondary N) is 2. The lowest BCUT2D eigenvalue weighted by molar-refractivity contribution is 0.253. The molecule has 29 heavy (non-hydrogen) atoms. The van der Waals surface area contributed by atoms with Crippen LogP contribution in [-0.4, -0.2) is 31.3 Å². The zero-order valence-electron chi connectivity index (χ0n) is 16.5. The van der Waals surface area contributed by atoms with Gasteiger partial charge in [-0.25, -0.2) is 9.78 Å². The second kappa shape index (κ2) is 8.11. The second-order valence-corrected chi connectivity index (χ2v) is 7.03. The maximum Gasteiger partial charge on any atom is 0.323 e. The van der Waals surface area contributed by atoms with Gasteiger partial charge < -0.3 is 21.1 Å². The molecule has 4 N–H and O–H groups in total. The fraction of sp³-hybridized carbons (Fsp3) is 0.200. The van der Waals surface area contributed by atoms with Gasteiger partial charge in [0.25, 0.3) is 0 Å². The number of carbonyl (C=O) groups is 1. The van der Waals surface area contributed by atoms with Crippen molar-refractivity contribution >= 4 is 11.7 Å². The molecule has 2 aromatic heterocycles. The SMILES string of the molecule is C=C(NC(=O)Nc1ccc(Oc2ccnc(-c3cnn(C)c3)n2)cc1)C(C)(C)N. The number of nitrogens with zero attached hydrogens (tertiary/aromatic N) is 4. The van der Waals surface area contributed by atoms with E-state index in [1.54, 1.807) is 61.3 Å². The number of rotatable bonds is 6. The molecule has 3 aromatic rings. The molecular formula is C20H23N7O2. The quantitative estimate of drug-likeness (QED) is 0.592. The minimum Gasteiger partial charge on any atom is -0.439 e. The summed E-state index contributed by atoms with van der Waals surface area (Å²) >= 11 is 0. The minimum absolute atomic E-state index is 0.402. The Morgan fingerprint density at radius 2 is 1.97 bits per heavy atom. The van der Waals surface area contributed by atoms with Crippen LogP contribution in [0.2, 0.25) is 0 Å². The zero-order chi connectivity index (χ0) is 21.0. The molecule has 9 nitrogen and oxygen atoms in total. The first-order chi connectivity index (χ1) is 13.7. The van der Waals surface area contributed by atoms with Crippen molar-refractivity contribution in [1.29, 1.82) is 0 Å². The smallest absolute Gasteiger partial charge is 0.323 e. The molecule has 0 spiro atoms. The molecule has 3 rings (SSSR count). The third-order valence-electron chi connectivity index (χ3n) is 3.97. The van der Waals surface area contributed by atoms with Gasteiger partial charge in [-0.15, -0.1) is 0 Å². The van der Waals surface area contributed by atoms with Gasteiger partial charge in [-0.1, -0.05) is 6.58 Å². The van der Waals surface area contributed by atoms with Crippen molar-refractivity contribution in [3.8, 4) is 23.0 Å². The number of nitrogens with two attached hydrogens (primary N) is 1. The Hall–Kier alpha value is -3.72. The molecule has 0 saturated carbocycles. The monoisotopic (exact) mass is 393 g/mol. The normalized spacial score (nSPS) is 11.0. The van der Waals surface area contributed by atoms with Crippen molar-refractivity contribution in [2.75, 3.05) is 5.32 Å². The van der Waals surface area contributed by atoms with Crippen LogP contribution in [0.1, 0.15) is 13.8 Å². The second-order valence-electron chi connectivity index (χ2n) is 7.03. The van der Waals surface area contributed by atoms with Crippen molar-refractivity contribution in [2.24, 2.45) is 12.8 Å². The van der Waals surface area contributed by atoms with Crippen LogP contribution in [0.3, 0.4) is 0 Å². The molecule has 2 heterocycles. The summed E-state index contributed by atoms with van der Waals surface area (Å²) in [4.78, 5) is 20.7. The Balaban J connectivity index is 1.62. The fourth-order valence-electron chi connectivity index (χ4n) is 2.26. The summed E-state index contributed by atoms with van der Waals surface area (Å²) in [6.45, 7) is 7.28. The summed E-state index contributed by atoms with van der Waals surface area (Å²) in [6.07, 6.45) is 5.13. The summed E-state index contributed by atoms with van der Waals surface area (Å²) in [5.74, 6) is 1.49. The van der Waals surface area contributed by atoms with Crippen molar-refractivity contribution < 1.29 is 9.53 Å². The summed E-state index contributed by atoms with van der Waals surface area (Å²) in [5, 5.41) is 9.45. The highest BCUT2D eigenvalue weighted by atomic mass is 16.5. The lowest BCUT2D eigenvalue weighted by Gasteiger charge is -2.22. The molecule has 0 fully saturated rings. The number of hydrogen-bond acceptors (Lipinski definition) is 6. The van der Waals surface area contributed by atoms with Crippen molar-refractivity contribution in [1.82, 2.24) is 25.1 Å². The lowest BCUT2D eigenvalue weighted by atomic mass is 10.0. The van der Waals surface area contributed by atoms with E-state index in [4.69, 9.17) is 10.5 Å². The third kappa shape index (κ3) is 5.39. The van der Waals surface area contributed by atoms with Gasteiger partial charge in [0, 0.05) is 42.4 Å². The van der Waals surface area contributed by atoms with E-state index in [2.05, 4.69) is 32.3 Å². The van der Waals surface area contributed by atoms with Gasteiger partial charge >= 0.3 is 6.03 Å². The number of carbonyl (C=O) groups excluding carboxylic acids is 1. The largest absolute Gasteiger partial charge is 0.439 e. The van der Waals surface area contributed by atoms with Gasteiger partial charge in [0.2, 0.25) is 5.88 Å². The maximum atomic E-state index is 12.0. The average molecular weight is 393 g/mol. The van der Waals surface area contributed by atoms with E-state index in [-0.39, 0.29) is 0 Å². The van der Waals surface area contributed by atoms with Gasteiger partial charge in [0.1, 0.15) is 5.75 Å². The van der Waals surface area contributed by atoms with E-state index < -0.39 is 11.6 Å². The Morgan fingerprint density at radius 1 is 1.24 bits per heavy atom. The van der Waals surface area contributed by atoms with Crippen LogP contribution in [-0.2, 0) is 7.05 Å². The number of aryl methyl sites for hydroxylation is 1. The molecule has 0 aliphatic carbocycles. The minimum atomic E-state index is -0.707. The van der Waals surface area contributed by atoms with Gasteiger partial charge in [-0.05, 0) is 38.1 Å². The molecule has 0 radical (unpaired) electrons. The molecule has 0 unspecified atom stereocenters. The predicted molar refractivity (Wildman–Crippen MR) is 110 cm³/mol. The van der Waals surface area contributed by atoms with Gasteiger partial charge in [0.15, 0.2) is 5.82 Å². The number of benzene rings is 1. The Kier molecular flexibility index (Phi) is 5.60. The Morgan fingerprint density at radius 3 is 2.59 bits per heavy atom. The first-order valence-corrected chi connectivity index (χ1v) is 8.87. The molecule has 2 amide bonds. The van der Waals surface area contributed by atoms with Crippen LogP contribution in [0.5, 0.6) is 11.6 Å². The molecule has 150 valence electrons. The summed E-state index contributed by atoms with van der Waals surface area (Å²) < 4.78 is 7.46. The molecule has 0 atom stereocenters. The topological polar surface area (TPSA) is 120 Å². The molecule has 0 aliphatic heterocycles. The predicted octanol–water partition coefficient (Wildman–Crippen LogP) is 3.04. The standard InChI is InChI=1S/C20H23N7O2/c1-13(20(2,3)21)24-19(28)25-15-5-7-16(8-6-15)29-17-9-10-22-18(26-17)14-11-23-27(4)12-14/h5-12H,1,21H2,2-4H3,(H2,24,25,28). The summed E-state index contributed by atoms with van der Waals surface area (Å²) in [5.41, 5.74) is 6.99. The molecular weight excluding hydrogens is 370 g/mol. The Labute approximate surface area is 168 Å². The van der Waals surface area contributed by atoms with Crippen molar-refractivity contribution in [2.45, 2.75) is 19.4 Å². The van der Waals surface area contributed by atoms with Gasteiger partial charge in [0.05, 0.1) is 11.8 Å². The lowest BCUT2D eigenvalue weighted by Crippen LogP contribution is -2.43. The van der Waals surface area contributed by atoms with Crippen LogP contribution in [0.25, 0.3) is 11.4 Å². The van der Waals surface area contributed by atoms with Crippen LogP contribution in [0.15, 0.2) is 61.2 Å². The number of ether oxygens (including phenoxy) is 1. The zero-order valence-corrected chi connectivity index (χ0v) is 16.5. The number of hydrogen-bond donors (Lipinski definition) is 3. The number of aromatic nitrogens is 4. The number of anilines is 1. The van der Waals surface area contributed by atoms with E-state index in [0.717, 1.165) is 5.56 Å². The highest BCUT2D eigenvalue weighted by Gasteiger charge is 2.17. The molecule has 1 aromatic carbocycles. The van der Waals surface area contributed by atoms with Gasteiger partial charge in [-0.2, -0.15) is 10.1 Å². The van der Waals surface area contributed by atoms with Crippen molar-refractivity contribution in [3.63, 3.8) is 0 Å².